The summed E-state index contributed by atoms with van der Waals surface area (Å²) < 4.78 is 1.89. The zero-order chi connectivity index (χ0) is 12.3. The molecule has 0 aliphatic carbocycles. The van der Waals surface area contributed by atoms with Crippen LogP contribution in [0.3, 0.4) is 0 Å². The highest BCUT2D eigenvalue weighted by Gasteiger charge is 2.10. The summed E-state index contributed by atoms with van der Waals surface area (Å²) in [6, 6.07) is 6.06. The highest BCUT2D eigenvalue weighted by Crippen LogP contribution is 2.18. The number of aryl methyl sites for hydroxylation is 3. The van der Waals surface area contributed by atoms with Gasteiger partial charge in [0.2, 0.25) is 0 Å². The van der Waals surface area contributed by atoms with Crippen LogP contribution in [0.4, 0.5) is 0 Å². The number of rotatable bonds is 4. The van der Waals surface area contributed by atoms with Crippen molar-refractivity contribution >= 4 is 0 Å². The minimum Gasteiger partial charge on any atom is -0.324 e. The Morgan fingerprint density at radius 1 is 1.35 bits per heavy atom. The lowest BCUT2D eigenvalue weighted by atomic mass is 10.0. The predicted octanol–water partition coefficient (Wildman–Crippen LogP) is 1.76. The van der Waals surface area contributed by atoms with E-state index in [4.69, 9.17) is 5.73 Å². The molecule has 2 aromatic rings. The van der Waals surface area contributed by atoms with Gasteiger partial charge in [-0.1, -0.05) is 6.07 Å². The van der Waals surface area contributed by atoms with Crippen LogP contribution in [0, 0.1) is 6.92 Å². The monoisotopic (exact) mass is 230 g/mol. The SMILES string of the molecule is Cc1ncccc1C(N)CCc1ccnn1C. The summed E-state index contributed by atoms with van der Waals surface area (Å²) >= 11 is 0. The molecule has 0 saturated carbocycles. The molecule has 0 spiro atoms. The van der Waals surface area contributed by atoms with Gasteiger partial charge in [-0.25, -0.2) is 0 Å². The van der Waals surface area contributed by atoms with Gasteiger partial charge in [0.15, 0.2) is 0 Å². The summed E-state index contributed by atoms with van der Waals surface area (Å²) in [6.45, 7) is 2.00. The van der Waals surface area contributed by atoms with E-state index < -0.39 is 0 Å². The topological polar surface area (TPSA) is 56.7 Å². The van der Waals surface area contributed by atoms with E-state index in [1.165, 1.54) is 5.69 Å². The molecule has 2 N–H and O–H groups in total. The van der Waals surface area contributed by atoms with Crippen molar-refractivity contribution in [3.8, 4) is 0 Å². The summed E-state index contributed by atoms with van der Waals surface area (Å²) in [5, 5.41) is 4.15. The first-order valence-corrected chi connectivity index (χ1v) is 5.82. The number of nitrogens with two attached hydrogens (primary N) is 1. The van der Waals surface area contributed by atoms with Crippen LogP contribution in [-0.2, 0) is 13.5 Å². The lowest BCUT2D eigenvalue weighted by Crippen LogP contribution is -2.14. The molecule has 1 atom stereocenters. The van der Waals surface area contributed by atoms with Crippen molar-refractivity contribution in [3.05, 3.63) is 47.5 Å². The van der Waals surface area contributed by atoms with Gasteiger partial charge < -0.3 is 5.73 Å². The number of hydrogen-bond donors (Lipinski definition) is 1. The Morgan fingerprint density at radius 3 is 2.82 bits per heavy atom. The van der Waals surface area contributed by atoms with Crippen LogP contribution < -0.4 is 5.73 Å². The average molecular weight is 230 g/mol. The molecule has 4 heteroatoms. The van der Waals surface area contributed by atoms with E-state index in [2.05, 4.69) is 16.1 Å². The molecule has 2 heterocycles. The molecule has 0 fully saturated rings. The average Bonchev–Trinajstić information content (AvgIpc) is 2.72. The lowest BCUT2D eigenvalue weighted by Gasteiger charge is -2.13. The van der Waals surface area contributed by atoms with Crippen LogP contribution >= 0.6 is 0 Å². The molecule has 0 aromatic carbocycles. The fraction of sp³-hybridized carbons (Fsp3) is 0.385. The van der Waals surface area contributed by atoms with Gasteiger partial charge in [0.1, 0.15) is 0 Å². The van der Waals surface area contributed by atoms with Gasteiger partial charge in [-0.2, -0.15) is 5.10 Å². The Hall–Kier alpha value is -1.68. The Labute approximate surface area is 101 Å². The summed E-state index contributed by atoms with van der Waals surface area (Å²) in [6.07, 6.45) is 5.46. The zero-order valence-electron chi connectivity index (χ0n) is 10.3. The molecule has 17 heavy (non-hydrogen) atoms. The molecule has 0 amide bonds. The van der Waals surface area contributed by atoms with Crippen LogP contribution in [0.15, 0.2) is 30.6 Å². The standard InChI is InChI=1S/C13H18N4/c1-10-12(4-3-8-15-10)13(14)6-5-11-7-9-16-17(11)2/h3-4,7-9,13H,5-6,14H2,1-2H3. The second-order valence-corrected chi connectivity index (χ2v) is 4.27. The molecule has 4 nitrogen and oxygen atoms in total. The van der Waals surface area contributed by atoms with Crippen molar-refractivity contribution in [1.29, 1.82) is 0 Å². The van der Waals surface area contributed by atoms with Crippen molar-refractivity contribution < 1.29 is 0 Å². The first-order valence-electron chi connectivity index (χ1n) is 5.82. The highest BCUT2D eigenvalue weighted by molar-refractivity contribution is 5.22. The smallest absolute Gasteiger partial charge is 0.0492 e. The van der Waals surface area contributed by atoms with Gasteiger partial charge in [0.25, 0.3) is 0 Å². The van der Waals surface area contributed by atoms with Gasteiger partial charge in [0, 0.05) is 36.9 Å². The van der Waals surface area contributed by atoms with Crippen molar-refractivity contribution in [2.75, 3.05) is 0 Å². The van der Waals surface area contributed by atoms with E-state index in [9.17, 15) is 0 Å². The maximum atomic E-state index is 6.19. The Bertz CT molecular complexity index is 490. The summed E-state index contributed by atoms with van der Waals surface area (Å²) in [5.41, 5.74) is 9.56. The molecule has 0 radical (unpaired) electrons. The van der Waals surface area contributed by atoms with E-state index in [0.717, 1.165) is 24.1 Å². The predicted molar refractivity (Wildman–Crippen MR) is 67.4 cm³/mol. The maximum absolute atomic E-state index is 6.19. The molecular weight excluding hydrogens is 212 g/mol. The molecule has 90 valence electrons. The fourth-order valence-electron chi connectivity index (χ4n) is 1.99. The first-order chi connectivity index (χ1) is 8.18. The number of aromatic nitrogens is 3. The first kappa shape index (κ1) is 11.8. The van der Waals surface area contributed by atoms with E-state index >= 15 is 0 Å². The molecule has 0 saturated heterocycles. The summed E-state index contributed by atoms with van der Waals surface area (Å²) in [4.78, 5) is 4.27. The van der Waals surface area contributed by atoms with Gasteiger partial charge in [-0.05, 0) is 37.5 Å². The zero-order valence-corrected chi connectivity index (χ0v) is 10.3. The highest BCUT2D eigenvalue weighted by atomic mass is 15.2. The third-order valence-corrected chi connectivity index (χ3v) is 3.08. The Morgan fingerprint density at radius 2 is 2.18 bits per heavy atom. The number of hydrogen-bond acceptors (Lipinski definition) is 3. The number of pyridine rings is 1. The second-order valence-electron chi connectivity index (χ2n) is 4.27. The van der Waals surface area contributed by atoms with Crippen molar-refractivity contribution in [1.82, 2.24) is 14.8 Å². The van der Waals surface area contributed by atoms with E-state index in [1.807, 2.05) is 37.0 Å². The minimum atomic E-state index is 0.0404. The normalized spacial score (nSPS) is 12.6. The summed E-state index contributed by atoms with van der Waals surface area (Å²) in [5.74, 6) is 0. The Balaban J connectivity index is 2.01. The lowest BCUT2D eigenvalue weighted by molar-refractivity contribution is 0.609. The van der Waals surface area contributed by atoms with Gasteiger partial charge in [-0.3, -0.25) is 9.67 Å². The quantitative estimate of drug-likeness (QED) is 0.870. The minimum absolute atomic E-state index is 0.0404. The molecular formula is C13H18N4. The van der Waals surface area contributed by atoms with Crippen LogP contribution in [0.2, 0.25) is 0 Å². The van der Waals surface area contributed by atoms with Crippen LogP contribution in [0.25, 0.3) is 0 Å². The maximum Gasteiger partial charge on any atom is 0.0492 e. The summed E-state index contributed by atoms with van der Waals surface area (Å²) in [7, 11) is 1.95. The largest absolute Gasteiger partial charge is 0.324 e. The molecule has 2 rings (SSSR count). The second kappa shape index (κ2) is 5.10. The number of nitrogens with zero attached hydrogens (tertiary/aromatic N) is 3. The van der Waals surface area contributed by atoms with Gasteiger partial charge in [0.05, 0.1) is 0 Å². The van der Waals surface area contributed by atoms with Crippen molar-refractivity contribution in [2.24, 2.45) is 12.8 Å². The van der Waals surface area contributed by atoms with Crippen LogP contribution in [0.5, 0.6) is 0 Å². The van der Waals surface area contributed by atoms with E-state index in [0.29, 0.717) is 0 Å². The van der Waals surface area contributed by atoms with Crippen LogP contribution in [-0.4, -0.2) is 14.8 Å². The van der Waals surface area contributed by atoms with Gasteiger partial charge in [-0.15, -0.1) is 0 Å². The van der Waals surface area contributed by atoms with Crippen molar-refractivity contribution in [3.63, 3.8) is 0 Å². The van der Waals surface area contributed by atoms with Crippen molar-refractivity contribution in [2.45, 2.75) is 25.8 Å². The molecule has 0 aliphatic heterocycles. The third kappa shape index (κ3) is 2.71. The van der Waals surface area contributed by atoms with E-state index in [-0.39, 0.29) is 6.04 Å². The Kier molecular flexibility index (Phi) is 3.54. The third-order valence-electron chi connectivity index (χ3n) is 3.08. The molecule has 0 bridgehead atoms. The van der Waals surface area contributed by atoms with Gasteiger partial charge >= 0.3 is 0 Å². The van der Waals surface area contributed by atoms with E-state index in [1.54, 1.807) is 6.20 Å². The molecule has 0 aliphatic rings. The van der Waals surface area contributed by atoms with Crippen LogP contribution in [0.1, 0.15) is 29.4 Å². The molecule has 2 aromatic heterocycles. The molecule has 1 unspecified atom stereocenters. The fourth-order valence-corrected chi connectivity index (χ4v) is 1.99.